The second kappa shape index (κ2) is 10.2. The molecule has 0 aliphatic heterocycles. The summed E-state index contributed by atoms with van der Waals surface area (Å²) in [6.45, 7) is 1.86. The number of rotatable bonds is 6. The van der Waals surface area contributed by atoms with Gasteiger partial charge in [-0.3, -0.25) is 0 Å². The molecule has 1 saturated carbocycles. The maximum atomic E-state index is 14.7. The van der Waals surface area contributed by atoms with E-state index >= 15 is 0 Å². The van der Waals surface area contributed by atoms with Crippen molar-refractivity contribution in [3.05, 3.63) is 65.3 Å². The number of pyridine rings is 1. The van der Waals surface area contributed by atoms with Gasteiger partial charge in [-0.25, -0.2) is 36.5 Å². The van der Waals surface area contributed by atoms with Crippen LogP contribution in [0.5, 0.6) is 0 Å². The van der Waals surface area contributed by atoms with Gasteiger partial charge in [0, 0.05) is 35.4 Å². The Labute approximate surface area is 223 Å². The van der Waals surface area contributed by atoms with Gasteiger partial charge < -0.3 is 15.7 Å². The van der Waals surface area contributed by atoms with E-state index in [2.05, 4.69) is 25.6 Å². The molecule has 1 aliphatic carbocycles. The minimum Gasteiger partial charge on any atom is -0.465 e. The van der Waals surface area contributed by atoms with Crippen LogP contribution in [0, 0.1) is 12.7 Å². The van der Waals surface area contributed by atoms with Crippen LogP contribution in [0.3, 0.4) is 0 Å². The van der Waals surface area contributed by atoms with Gasteiger partial charge in [-0.1, -0.05) is 29.3 Å². The van der Waals surface area contributed by atoms with Crippen LogP contribution in [-0.2, 0) is 10.0 Å². The Morgan fingerprint density at radius 1 is 1.16 bits per heavy atom. The fourth-order valence-electron chi connectivity index (χ4n) is 4.66. The summed E-state index contributed by atoms with van der Waals surface area (Å²) in [4.78, 5) is 23.8. The van der Waals surface area contributed by atoms with E-state index in [0.29, 0.717) is 30.2 Å². The number of amides is 1. The molecule has 3 N–H and O–H groups in total. The average molecular weight is 559 g/mol. The maximum Gasteiger partial charge on any atom is 0.404 e. The minimum absolute atomic E-state index is 0.0618. The molecule has 4 aromatic rings. The number of benzene rings is 1. The maximum absolute atomic E-state index is 14.7. The summed E-state index contributed by atoms with van der Waals surface area (Å²) in [5, 5.41) is 15.2. The van der Waals surface area contributed by atoms with Gasteiger partial charge in [0.05, 0.1) is 16.1 Å². The lowest BCUT2D eigenvalue weighted by Crippen LogP contribution is -2.41. The summed E-state index contributed by atoms with van der Waals surface area (Å²) < 4.78 is 42.8. The molecule has 5 rings (SSSR count). The topological polar surface area (TPSA) is 139 Å². The summed E-state index contributed by atoms with van der Waals surface area (Å²) >= 11 is 6.19. The van der Waals surface area contributed by atoms with E-state index in [1.807, 2.05) is 6.92 Å². The molecule has 1 aromatic carbocycles. The first-order valence-electron chi connectivity index (χ1n) is 11.9. The van der Waals surface area contributed by atoms with Crippen molar-refractivity contribution in [1.82, 2.24) is 24.2 Å². The van der Waals surface area contributed by atoms with Crippen molar-refractivity contribution in [2.45, 2.75) is 49.6 Å². The number of carbonyl (C=O) groups is 1. The van der Waals surface area contributed by atoms with E-state index in [9.17, 15) is 17.6 Å². The van der Waals surface area contributed by atoms with E-state index in [4.69, 9.17) is 16.7 Å². The monoisotopic (exact) mass is 558 g/mol. The highest BCUT2D eigenvalue weighted by atomic mass is 35.5. The van der Waals surface area contributed by atoms with Crippen LogP contribution in [0.15, 0.2) is 53.8 Å². The van der Waals surface area contributed by atoms with Crippen LogP contribution >= 0.6 is 11.6 Å². The highest BCUT2D eigenvalue weighted by Crippen LogP contribution is 2.33. The Balaban J connectivity index is 1.54. The molecule has 2 atom stereocenters. The van der Waals surface area contributed by atoms with Crippen LogP contribution in [0.1, 0.15) is 31.2 Å². The van der Waals surface area contributed by atoms with Crippen molar-refractivity contribution in [2.24, 2.45) is 0 Å². The van der Waals surface area contributed by atoms with Crippen molar-refractivity contribution in [1.29, 1.82) is 0 Å². The summed E-state index contributed by atoms with van der Waals surface area (Å²) in [6, 6.07) is 7.53. The molecule has 1 aliphatic rings. The van der Waals surface area contributed by atoms with Crippen LogP contribution < -0.4 is 10.6 Å². The SMILES string of the molecule is Cc1ccc(S(=O)(=O)n2cc(-c3ncc(F)c(N[C@@H]4CCC[C@H](NC(=O)O)C4)n3)c3cc(Cl)cnc32)cc1. The number of nitrogens with one attached hydrogen (secondary N) is 2. The fourth-order valence-corrected chi connectivity index (χ4v) is 6.14. The number of halogens is 2. The predicted molar refractivity (Wildman–Crippen MR) is 140 cm³/mol. The third-order valence-corrected chi connectivity index (χ3v) is 8.35. The minimum atomic E-state index is -4.03. The van der Waals surface area contributed by atoms with Gasteiger partial charge in [0.1, 0.15) is 0 Å². The van der Waals surface area contributed by atoms with Gasteiger partial charge in [0.2, 0.25) is 0 Å². The number of anilines is 1. The second-order valence-corrected chi connectivity index (χ2v) is 11.5. The predicted octanol–water partition coefficient (Wildman–Crippen LogP) is 4.82. The summed E-state index contributed by atoms with van der Waals surface area (Å²) in [5.41, 5.74) is 1.35. The Bertz CT molecular complexity index is 1630. The molecule has 1 fully saturated rings. The quantitative estimate of drug-likeness (QED) is 0.306. The molecule has 198 valence electrons. The lowest BCUT2D eigenvalue weighted by molar-refractivity contribution is 0.185. The summed E-state index contributed by atoms with van der Waals surface area (Å²) in [5.74, 6) is -0.667. The van der Waals surface area contributed by atoms with Crippen molar-refractivity contribution in [2.75, 3.05) is 5.32 Å². The molecule has 38 heavy (non-hydrogen) atoms. The van der Waals surface area contributed by atoms with E-state index < -0.39 is 21.9 Å². The summed E-state index contributed by atoms with van der Waals surface area (Å²) in [7, 11) is -4.03. The number of hydrogen-bond donors (Lipinski definition) is 3. The van der Waals surface area contributed by atoms with Gasteiger partial charge in [0.25, 0.3) is 10.0 Å². The molecule has 13 heteroatoms. The second-order valence-electron chi connectivity index (χ2n) is 9.23. The van der Waals surface area contributed by atoms with Crippen molar-refractivity contribution < 1.29 is 22.7 Å². The first-order valence-corrected chi connectivity index (χ1v) is 13.7. The van der Waals surface area contributed by atoms with Gasteiger partial charge >= 0.3 is 6.09 Å². The van der Waals surface area contributed by atoms with Crippen LogP contribution in [0.25, 0.3) is 22.4 Å². The highest BCUT2D eigenvalue weighted by molar-refractivity contribution is 7.90. The first-order chi connectivity index (χ1) is 18.1. The summed E-state index contributed by atoms with van der Waals surface area (Å²) in [6.07, 6.45) is 5.25. The molecule has 0 spiro atoms. The van der Waals surface area contributed by atoms with E-state index in [1.54, 1.807) is 18.2 Å². The van der Waals surface area contributed by atoms with Gasteiger partial charge in [-0.05, 0) is 50.8 Å². The smallest absolute Gasteiger partial charge is 0.404 e. The Hall–Kier alpha value is -3.77. The largest absolute Gasteiger partial charge is 0.465 e. The molecule has 3 aromatic heterocycles. The molecule has 1 amide bonds. The van der Waals surface area contributed by atoms with E-state index in [0.717, 1.165) is 22.2 Å². The Morgan fingerprint density at radius 3 is 2.63 bits per heavy atom. The third kappa shape index (κ3) is 5.14. The Morgan fingerprint density at radius 2 is 1.89 bits per heavy atom. The molecule has 0 bridgehead atoms. The fraction of sp³-hybridized carbons (Fsp3) is 0.280. The number of fused-ring (bicyclic) bond motifs is 1. The van der Waals surface area contributed by atoms with Crippen LogP contribution in [0.4, 0.5) is 15.0 Å². The average Bonchev–Trinajstić information content (AvgIpc) is 3.25. The zero-order chi connectivity index (χ0) is 27.0. The molecule has 0 unspecified atom stereocenters. The number of nitrogens with zero attached hydrogens (tertiary/aromatic N) is 4. The molecular formula is C25H24ClFN6O4S. The standard InChI is InChI=1S/C25H24ClFN6O4S/c1-14-5-7-18(8-6-14)38(36,37)33-13-20(19-9-15(26)11-29-24(19)33)22-28-12-21(27)23(32-22)30-16-3-2-4-17(10-16)31-25(34)35/h5-9,11-13,16-17,31H,2-4,10H2,1H3,(H,34,35)(H,28,30,32)/t16-,17+/m1/s1. The molecule has 3 heterocycles. The molecule has 10 nitrogen and oxygen atoms in total. The molecule has 0 radical (unpaired) electrons. The zero-order valence-electron chi connectivity index (χ0n) is 20.2. The number of carboxylic acid groups (broad SMARTS) is 1. The van der Waals surface area contributed by atoms with E-state index in [1.165, 1.54) is 24.5 Å². The van der Waals surface area contributed by atoms with Crippen LogP contribution in [-0.4, -0.2) is 50.6 Å². The van der Waals surface area contributed by atoms with E-state index in [-0.39, 0.29) is 39.3 Å². The van der Waals surface area contributed by atoms with Gasteiger partial charge in [0.15, 0.2) is 23.1 Å². The molecular weight excluding hydrogens is 535 g/mol. The first kappa shape index (κ1) is 25.9. The van der Waals surface area contributed by atoms with Crippen molar-refractivity contribution >= 4 is 44.6 Å². The Kier molecular flexibility index (Phi) is 6.93. The number of aryl methyl sites for hydroxylation is 1. The van der Waals surface area contributed by atoms with Crippen molar-refractivity contribution in [3.8, 4) is 11.4 Å². The van der Waals surface area contributed by atoms with Gasteiger partial charge in [-0.2, -0.15) is 0 Å². The lowest BCUT2D eigenvalue weighted by Gasteiger charge is -2.30. The number of hydrogen-bond acceptors (Lipinski definition) is 7. The highest BCUT2D eigenvalue weighted by Gasteiger charge is 2.27. The third-order valence-electron chi connectivity index (χ3n) is 6.48. The van der Waals surface area contributed by atoms with Gasteiger partial charge in [-0.15, -0.1) is 0 Å². The lowest BCUT2D eigenvalue weighted by atomic mass is 9.91. The number of aromatic nitrogens is 4. The van der Waals surface area contributed by atoms with Crippen molar-refractivity contribution in [3.63, 3.8) is 0 Å². The molecule has 0 saturated heterocycles. The normalized spacial score (nSPS) is 17.9. The zero-order valence-corrected chi connectivity index (χ0v) is 21.8. The van der Waals surface area contributed by atoms with Crippen LogP contribution in [0.2, 0.25) is 5.02 Å².